The zero-order valence-corrected chi connectivity index (χ0v) is 10.3. The highest BCUT2D eigenvalue weighted by molar-refractivity contribution is 5.72. The lowest BCUT2D eigenvalue weighted by atomic mass is 9.99. The minimum Gasteiger partial charge on any atom is -0.398 e. The van der Waals surface area contributed by atoms with E-state index in [-0.39, 0.29) is 23.7 Å². The maximum Gasteiger partial charge on any atom is 0.216 e. The van der Waals surface area contributed by atoms with Crippen LogP contribution in [0.3, 0.4) is 0 Å². The minimum atomic E-state index is -1.36. The Morgan fingerprint density at radius 2 is 2.11 bits per heavy atom. The van der Waals surface area contributed by atoms with Crippen molar-refractivity contribution in [2.24, 2.45) is 0 Å². The van der Waals surface area contributed by atoms with Gasteiger partial charge in [-0.1, -0.05) is 0 Å². The van der Waals surface area contributed by atoms with E-state index in [1.54, 1.807) is 6.92 Å². The standard InChI is InChI=1S/C12H17FN2O3/c1-6-3-8(13)4-9(11(6)14)12(18)10(17)5-15-7(2)16/h3-4,10,12,17-18H,5,14H2,1-2H3,(H,15,16). The number of rotatable bonds is 4. The lowest BCUT2D eigenvalue weighted by Crippen LogP contribution is -2.34. The van der Waals surface area contributed by atoms with Crippen LogP contribution < -0.4 is 11.1 Å². The van der Waals surface area contributed by atoms with Crippen LogP contribution in [-0.4, -0.2) is 28.8 Å². The Bertz CT molecular complexity index is 451. The molecular weight excluding hydrogens is 239 g/mol. The summed E-state index contributed by atoms with van der Waals surface area (Å²) in [6.07, 6.45) is -2.61. The first-order valence-corrected chi connectivity index (χ1v) is 5.49. The van der Waals surface area contributed by atoms with Crippen LogP contribution >= 0.6 is 0 Å². The predicted molar refractivity (Wildman–Crippen MR) is 65.2 cm³/mol. The molecule has 0 spiro atoms. The molecular formula is C12H17FN2O3. The second kappa shape index (κ2) is 5.79. The van der Waals surface area contributed by atoms with Crippen molar-refractivity contribution in [3.8, 4) is 0 Å². The van der Waals surface area contributed by atoms with Crippen molar-refractivity contribution < 1.29 is 19.4 Å². The van der Waals surface area contributed by atoms with Crippen LogP contribution in [0.2, 0.25) is 0 Å². The molecule has 0 heterocycles. The van der Waals surface area contributed by atoms with E-state index in [1.165, 1.54) is 13.0 Å². The fourth-order valence-corrected chi connectivity index (χ4v) is 1.59. The number of benzene rings is 1. The summed E-state index contributed by atoms with van der Waals surface area (Å²) in [5, 5.41) is 21.9. The van der Waals surface area contributed by atoms with Crippen molar-refractivity contribution >= 4 is 11.6 Å². The average Bonchev–Trinajstić information content (AvgIpc) is 2.29. The van der Waals surface area contributed by atoms with Gasteiger partial charge in [0.15, 0.2) is 0 Å². The maximum absolute atomic E-state index is 13.2. The van der Waals surface area contributed by atoms with Gasteiger partial charge < -0.3 is 21.3 Å². The van der Waals surface area contributed by atoms with Crippen molar-refractivity contribution in [2.75, 3.05) is 12.3 Å². The minimum absolute atomic E-state index is 0.116. The van der Waals surface area contributed by atoms with E-state index in [0.717, 1.165) is 6.07 Å². The molecule has 2 atom stereocenters. The zero-order chi connectivity index (χ0) is 13.9. The van der Waals surface area contributed by atoms with Gasteiger partial charge in [-0.15, -0.1) is 0 Å². The number of nitrogen functional groups attached to an aromatic ring is 1. The van der Waals surface area contributed by atoms with Crippen molar-refractivity contribution in [1.29, 1.82) is 0 Å². The van der Waals surface area contributed by atoms with Gasteiger partial charge in [-0.25, -0.2) is 4.39 Å². The first-order chi connectivity index (χ1) is 8.32. The molecule has 0 saturated heterocycles. The third-order valence-electron chi connectivity index (χ3n) is 2.63. The molecule has 5 nitrogen and oxygen atoms in total. The van der Waals surface area contributed by atoms with Crippen molar-refractivity contribution in [3.05, 3.63) is 29.1 Å². The molecule has 18 heavy (non-hydrogen) atoms. The molecule has 0 aliphatic carbocycles. The second-order valence-corrected chi connectivity index (χ2v) is 4.17. The summed E-state index contributed by atoms with van der Waals surface area (Å²) in [5.74, 6) is -0.868. The summed E-state index contributed by atoms with van der Waals surface area (Å²) in [7, 11) is 0. The summed E-state index contributed by atoms with van der Waals surface area (Å²) in [6, 6.07) is 2.32. The highest BCUT2D eigenvalue weighted by Crippen LogP contribution is 2.27. The van der Waals surface area contributed by atoms with Gasteiger partial charge in [-0.3, -0.25) is 4.79 Å². The van der Waals surface area contributed by atoms with E-state index in [4.69, 9.17) is 5.73 Å². The molecule has 0 saturated carbocycles. The van der Waals surface area contributed by atoms with Gasteiger partial charge in [0.2, 0.25) is 5.91 Å². The van der Waals surface area contributed by atoms with Gasteiger partial charge in [0.1, 0.15) is 18.0 Å². The Morgan fingerprint density at radius 1 is 1.50 bits per heavy atom. The number of aliphatic hydroxyl groups excluding tert-OH is 2. The van der Waals surface area contributed by atoms with Crippen LogP contribution in [0.5, 0.6) is 0 Å². The van der Waals surface area contributed by atoms with Gasteiger partial charge in [0.25, 0.3) is 0 Å². The highest BCUT2D eigenvalue weighted by Gasteiger charge is 2.22. The van der Waals surface area contributed by atoms with Crippen LogP contribution in [0.4, 0.5) is 10.1 Å². The molecule has 2 unspecified atom stereocenters. The highest BCUT2D eigenvalue weighted by atomic mass is 19.1. The SMILES string of the molecule is CC(=O)NCC(O)C(O)c1cc(F)cc(C)c1N. The van der Waals surface area contributed by atoms with Crippen LogP contribution in [0.15, 0.2) is 12.1 Å². The number of halogens is 1. The van der Waals surface area contributed by atoms with E-state index < -0.39 is 18.0 Å². The molecule has 0 radical (unpaired) electrons. The van der Waals surface area contributed by atoms with E-state index in [2.05, 4.69) is 5.32 Å². The molecule has 0 fully saturated rings. The quantitative estimate of drug-likeness (QED) is 0.581. The molecule has 0 bridgehead atoms. The average molecular weight is 256 g/mol. The summed E-state index contributed by atoms with van der Waals surface area (Å²) >= 11 is 0. The molecule has 5 N–H and O–H groups in total. The summed E-state index contributed by atoms with van der Waals surface area (Å²) in [4.78, 5) is 10.7. The Balaban J connectivity index is 2.89. The van der Waals surface area contributed by atoms with E-state index in [9.17, 15) is 19.4 Å². The van der Waals surface area contributed by atoms with Crippen molar-refractivity contribution in [2.45, 2.75) is 26.1 Å². The lowest BCUT2D eigenvalue weighted by Gasteiger charge is -2.20. The van der Waals surface area contributed by atoms with Gasteiger partial charge in [-0.2, -0.15) is 0 Å². The number of hydrogen-bond acceptors (Lipinski definition) is 4. The van der Waals surface area contributed by atoms with Gasteiger partial charge >= 0.3 is 0 Å². The normalized spacial score (nSPS) is 14.1. The molecule has 1 amide bonds. The molecule has 100 valence electrons. The van der Waals surface area contributed by atoms with E-state index in [0.29, 0.717) is 5.56 Å². The molecule has 0 aliphatic rings. The predicted octanol–water partition coefficient (Wildman–Crippen LogP) is 0.247. The van der Waals surface area contributed by atoms with Gasteiger partial charge in [0.05, 0.1) is 0 Å². The summed E-state index contributed by atoms with van der Waals surface area (Å²) in [6.45, 7) is 2.76. The summed E-state index contributed by atoms with van der Waals surface area (Å²) < 4.78 is 13.2. The van der Waals surface area contributed by atoms with Crippen molar-refractivity contribution in [1.82, 2.24) is 5.32 Å². The molecule has 0 aromatic heterocycles. The first kappa shape index (κ1) is 14.4. The van der Waals surface area contributed by atoms with Crippen LogP contribution in [0.25, 0.3) is 0 Å². The third kappa shape index (κ3) is 3.41. The molecule has 1 rings (SSSR count). The van der Waals surface area contributed by atoms with Crippen LogP contribution in [-0.2, 0) is 4.79 Å². The van der Waals surface area contributed by atoms with E-state index in [1.807, 2.05) is 0 Å². The molecule has 6 heteroatoms. The smallest absolute Gasteiger partial charge is 0.216 e. The number of nitrogens with two attached hydrogens (primary N) is 1. The molecule has 1 aromatic carbocycles. The number of anilines is 1. The number of aryl methyl sites for hydroxylation is 1. The fourth-order valence-electron chi connectivity index (χ4n) is 1.59. The summed E-state index contributed by atoms with van der Waals surface area (Å²) in [5.41, 5.74) is 6.55. The largest absolute Gasteiger partial charge is 0.398 e. The number of nitrogens with one attached hydrogen (secondary N) is 1. The number of amides is 1. The van der Waals surface area contributed by atoms with Gasteiger partial charge in [-0.05, 0) is 24.6 Å². The fraction of sp³-hybridized carbons (Fsp3) is 0.417. The topological polar surface area (TPSA) is 95.6 Å². The number of hydrogen-bond donors (Lipinski definition) is 4. The number of aliphatic hydroxyl groups is 2. The van der Waals surface area contributed by atoms with Crippen molar-refractivity contribution in [3.63, 3.8) is 0 Å². The zero-order valence-electron chi connectivity index (χ0n) is 10.3. The number of carbonyl (C=O) groups is 1. The Labute approximate surface area is 104 Å². The number of carbonyl (C=O) groups excluding carboxylic acids is 1. The Hall–Kier alpha value is -1.66. The third-order valence-corrected chi connectivity index (χ3v) is 2.63. The Morgan fingerprint density at radius 3 is 2.67 bits per heavy atom. The lowest BCUT2D eigenvalue weighted by molar-refractivity contribution is -0.119. The van der Waals surface area contributed by atoms with Crippen LogP contribution in [0.1, 0.15) is 24.2 Å². The molecule has 0 aliphatic heterocycles. The monoisotopic (exact) mass is 256 g/mol. The van der Waals surface area contributed by atoms with Crippen LogP contribution in [0, 0.1) is 12.7 Å². The first-order valence-electron chi connectivity index (χ1n) is 5.49. The Kier molecular flexibility index (Phi) is 4.63. The maximum atomic E-state index is 13.2. The van der Waals surface area contributed by atoms with Gasteiger partial charge in [0, 0.05) is 24.7 Å². The van der Waals surface area contributed by atoms with E-state index >= 15 is 0 Å². The second-order valence-electron chi connectivity index (χ2n) is 4.17. The molecule has 1 aromatic rings.